The van der Waals surface area contributed by atoms with Crippen molar-refractivity contribution in [3.05, 3.63) is 41.8 Å². The first kappa shape index (κ1) is 9.00. The third-order valence-electron chi connectivity index (χ3n) is 2.11. The van der Waals surface area contributed by atoms with Crippen molar-refractivity contribution in [2.75, 3.05) is 0 Å². The van der Waals surface area contributed by atoms with Crippen LogP contribution in [0.1, 0.15) is 18.4 Å². The van der Waals surface area contributed by atoms with Crippen LogP contribution in [-0.2, 0) is 0 Å². The van der Waals surface area contributed by atoms with Gasteiger partial charge >= 0.3 is 0 Å². The maximum Gasteiger partial charge on any atom is 0.127 e. The van der Waals surface area contributed by atoms with Gasteiger partial charge in [0.15, 0.2) is 0 Å². The predicted molar refractivity (Wildman–Crippen MR) is 57.6 cm³/mol. The number of nitrogens with zero attached hydrogens (tertiary/aromatic N) is 1. The van der Waals surface area contributed by atoms with Crippen molar-refractivity contribution < 1.29 is 4.74 Å². The summed E-state index contributed by atoms with van der Waals surface area (Å²) in [5.41, 5.74) is 1.24. The lowest BCUT2D eigenvalue weighted by Gasteiger charge is -2.10. The number of benzene rings is 1. The van der Waals surface area contributed by atoms with Crippen LogP contribution in [0.3, 0.4) is 0 Å². The third-order valence-corrected chi connectivity index (χ3v) is 2.11. The van der Waals surface area contributed by atoms with Gasteiger partial charge in [-0.15, -0.1) is 0 Å². The van der Waals surface area contributed by atoms with Gasteiger partial charge in [0.2, 0.25) is 0 Å². The SMILES string of the molecule is Cc1ccc(OC2=CN=CCC2)cc1. The Morgan fingerprint density at radius 1 is 1.21 bits per heavy atom. The molecule has 1 aliphatic rings. The number of hydrogen-bond acceptors (Lipinski definition) is 2. The van der Waals surface area contributed by atoms with E-state index in [2.05, 4.69) is 11.9 Å². The Hall–Kier alpha value is -1.57. The molecule has 0 aromatic heterocycles. The molecule has 1 aromatic carbocycles. The quantitative estimate of drug-likeness (QED) is 0.697. The van der Waals surface area contributed by atoms with Crippen LogP contribution < -0.4 is 4.74 Å². The highest BCUT2D eigenvalue weighted by Crippen LogP contribution is 2.18. The van der Waals surface area contributed by atoms with E-state index >= 15 is 0 Å². The number of aliphatic imine (C=N–C) groups is 1. The van der Waals surface area contributed by atoms with Gasteiger partial charge < -0.3 is 4.74 Å². The molecule has 0 saturated carbocycles. The maximum atomic E-state index is 5.66. The number of hydrogen-bond donors (Lipinski definition) is 0. The van der Waals surface area contributed by atoms with Crippen molar-refractivity contribution in [2.24, 2.45) is 4.99 Å². The molecule has 0 saturated heterocycles. The zero-order chi connectivity index (χ0) is 9.80. The van der Waals surface area contributed by atoms with E-state index in [0.29, 0.717) is 0 Å². The third kappa shape index (κ3) is 2.22. The summed E-state index contributed by atoms with van der Waals surface area (Å²) in [5.74, 6) is 1.83. The van der Waals surface area contributed by atoms with Crippen molar-refractivity contribution in [3.8, 4) is 5.75 Å². The first-order valence-electron chi connectivity index (χ1n) is 4.80. The van der Waals surface area contributed by atoms with Crippen molar-refractivity contribution >= 4 is 6.21 Å². The highest BCUT2D eigenvalue weighted by molar-refractivity contribution is 5.59. The molecule has 0 unspecified atom stereocenters. The lowest BCUT2D eigenvalue weighted by molar-refractivity contribution is 0.402. The van der Waals surface area contributed by atoms with E-state index in [1.807, 2.05) is 30.5 Å². The topological polar surface area (TPSA) is 21.6 Å². The van der Waals surface area contributed by atoms with Gasteiger partial charge in [0, 0.05) is 12.6 Å². The molecule has 2 rings (SSSR count). The molecule has 0 fully saturated rings. The minimum atomic E-state index is 0.888. The Bertz CT molecular complexity index is 362. The molecule has 0 radical (unpaired) electrons. The molecule has 0 spiro atoms. The molecular formula is C12H13NO. The maximum absolute atomic E-state index is 5.66. The van der Waals surface area contributed by atoms with Crippen molar-refractivity contribution in [1.29, 1.82) is 0 Å². The second-order valence-electron chi connectivity index (χ2n) is 3.38. The van der Waals surface area contributed by atoms with E-state index in [9.17, 15) is 0 Å². The van der Waals surface area contributed by atoms with Crippen LogP contribution in [0.25, 0.3) is 0 Å². The Morgan fingerprint density at radius 3 is 2.64 bits per heavy atom. The van der Waals surface area contributed by atoms with E-state index < -0.39 is 0 Å². The van der Waals surface area contributed by atoms with Crippen LogP contribution in [0.5, 0.6) is 5.75 Å². The highest BCUT2D eigenvalue weighted by Gasteiger charge is 2.02. The smallest absolute Gasteiger partial charge is 0.127 e. The van der Waals surface area contributed by atoms with Gasteiger partial charge in [-0.25, -0.2) is 0 Å². The number of ether oxygens (including phenoxy) is 1. The van der Waals surface area contributed by atoms with Crippen LogP contribution in [0.2, 0.25) is 0 Å². The number of allylic oxidation sites excluding steroid dienone is 1. The van der Waals surface area contributed by atoms with Gasteiger partial charge in [-0.05, 0) is 25.5 Å². The van der Waals surface area contributed by atoms with Crippen LogP contribution in [0.15, 0.2) is 41.2 Å². The van der Waals surface area contributed by atoms with Gasteiger partial charge in [-0.1, -0.05) is 17.7 Å². The molecule has 14 heavy (non-hydrogen) atoms. The molecular weight excluding hydrogens is 174 g/mol. The summed E-state index contributed by atoms with van der Waals surface area (Å²) in [5, 5.41) is 0. The fraction of sp³-hybridized carbons (Fsp3) is 0.250. The standard InChI is InChI=1S/C12H13NO/c1-10-4-6-11(7-5-10)14-12-3-2-8-13-9-12/h4-9H,2-3H2,1H3. The van der Waals surface area contributed by atoms with Crippen LogP contribution in [-0.4, -0.2) is 6.21 Å². The minimum Gasteiger partial charge on any atom is -0.460 e. The van der Waals surface area contributed by atoms with Crippen LogP contribution in [0.4, 0.5) is 0 Å². The van der Waals surface area contributed by atoms with Crippen molar-refractivity contribution in [3.63, 3.8) is 0 Å². The summed E-state index contributed by atoms with van der Waals surface area (Å²) >= 11 is 0. The summed E-state index contributed by atoms with van der Waals surface area (Å²) in [4.78, 5) is 4.06. The first-order valence-corrected chi connectivity index (χ1v) is 4.80. The van der Waals surface area contributed by atoms with Gasteiger partial charge in [-0.2, -0.15) is 0 Å². The zero-order valence-electron chi connectivity index (χ0n) is 8.23. The van der Waals surface area contributed by atoms with Crippen molar-refractivity contribution in [2.45, 2.75) is 19.8 Å². The Balaban J connectivity index is 2.07. The Morgan fingerprint density at radius 2 is 2.00 bits per heavy atom. The second kappa shape index (κ2) is 4.09. The van der Waals surface area contributed by atoms with Gasteiger partial charge in [0.25, 0.3) is 0 Å². The molecule has 0 N–H and O–H groups in total. The average Bonchev–Trinajstić information content (AvgIpc) is 2.23. The molecule has 1 aromatic rings. The Labute approximate surface area is 83.9 Å². The Kier molecular flexibility index (Phi) is 2.63. The molecule has 0 aliphatic carbocycles. The second-order valence-corrected chi connectivity index (χ2v) is 3.38. The van der Waals surface area contributed by atoms with E-state index in [1.54, 1.807) is 6.20 Å². The lowest BCUT2D eigenvalue weighted by atomic mass is 10.2. The van der Waals surface area contributed by atoms with Crippen LogP contribution in [0, 0.1) is 6.92 Å². The molecule has 1 heterocycles. The number of aryl methyl sites for hydroxylation is 1. The average molecular weight is 187 g/mol. The van der Waals surface area contributed by atoms with Crippen molar-refractivity contribution in [1.82, 2.24) is 0 Å². The van der Waals surface area contributed by atoms with E-state index in [-0.39, 0.29) is 0 Å². The molecule has 0 bridgehead atoms. The summed E-state index contributed by atoms with van der Waals surface area (Å²) in [6, 6.07) is 8.05. The summed E-state index contributed by atoms with van der Waals surface area (Å²) in [7, 11) is 0. The largest absolute Gasteiger partial charge is 0.460 e. The molecule has 72 valence electrons. The van der Waals surface area contributed by atoms with Gasteiger partial charge in [-0.3, -0.25) is 4.99 Å². The zero-order valence-corrected chi connectivity index (χ0v) is 8.23. The first-order chi connectivity index (χ1) is 6.84. The van der Waals surface area contributed by atoms with Gasteiger partial charge in [0.05, 0.1) is 6.20 Å². The summed E-state index contributed by atoms with van der Waals surface area (Å²) < 4.78 is 5.66. The predicted octanol–water partition coefficient (Wildman–Crippen LogP) is 3.08. The van der Waals surface area contributed by atoms with Crippen LogP contribution >= 0.6 is 0 Å². The fourth-order valence-electron chi connectivity index (χ4n) is 1.32. The lowest BCUT2D eigenvalue weighted by Crippen LogP contribution is -1.98. The van der Waals surface area contributed by atoms with E-state index in [1.165, 1.54) is 5.56 Å². The van der Waals surface area contributed by atoms with E-state index in [0.717, 1.165) is 24.4 Å². The highest BCUT2D eigenvalue weighted by atomic mass is 16.5. The summed E-state index contributed by atoms with van der Waals surface area (Å²) in [6.45, 7) is 2.06. The molecule has 0 atom stereocenters. The normalized spacial score (nSPS) is 15.1. The van der Waals surface area contributed by atoms with E-state index in [4.69, 9.17) is 4.74 Å². The minimum absolute atomic E-state index is 0.888. The molecule has 0 amide bonds. The van der Waals surface area contributed by atoms with Gasteiger partial charge in [0.1, 0.15) is 11.5 Å². The molecule has 2 heteroatoms. The molecule has 2 nitrogen and oxygen atoms in total. The fourth-order valence-corrected chi connectivity index (χ4v) is 1.32. The molecule has 1 aliphatic heterocycles. The summed E-state index contributed by atoms with van der Waals surface area (Å²) in [6.07, 6.45) is 5.60. The number of rotatable bonds is 2. The monoisotopic (exact) mass is 187 g/mol.